The van der Waals surface area contributed by atoms with Crippen molar-refractivity contribution in [2.24, 2.45) is 0 Å². The third kappa shape index (κ3) is 4.61. The molecule has 222 valence electrons. The van der Waals surface area contributed by atoms with E-state index in [1.165, 1.54) is 7.05 Å². The van der Waals surface area contributed by atoms with Crippen LogP contribution >= 0.6 is 0 Å². The van der Waals surface area contributed by atoms with E-state index in [0.29, 0.717) is 29.1 Å². The fourth-order valence-corrected chi connectivity index (χ4v) is 6.01. The van der Waals surface area contributed by atoms with Crippen LogP contribution in [0, 0.1) is 0 Å². The number of nitrogens with one attached hydrogen (secondary N) is 1. The number of carbonyl (C=O) groups is 2. The van der Waals surface area contributed by atoms with Crippen molar-refractivity contribution in [3.05, 3.63) is 92.3 Å². The largest absolute Gasteiger partial charge is 0.458 e. The maximum Gasteiger partial charge on any atom is 0.407 e. The highest BCUT2D eigenvalue weighted by molar-refractivity contribution is 5.89. The highest BCUT2D eigenvalue weighted by Gasteiger charge is 2.45. The molecular weight excluding hydrogens is 550 g/mol. The van der Waals surface area contributed by atoms with Crippen LogP contribution in [0.15, 0.2) is 53.3 Å². The molecule has 2 aliphatic heterocycles. The number of pyridine rings is 2. The maximum absolute atomic E-state index is 13.6. The van der Waals surface area contributed by atoms with E-state index in [4.69, 9.17) is 20.2 Å². The summed E-state index contributed by atoms with van der Waals surface area (Å²) in [5, 5.41) is 14.6. The molecule has 0 saturated carbocycles. The maximum atomic E-state index is 13.6. The van der Waals surface area contributed by atoms with Crippen LogP contribution < -0.4 is 16.6 Å². The summed E-state index contributed by atoms with van der Waals surface area (Å²) in [6.07, 6.45) is -1.22. The summed E-state index contributed by atoms with van der Waals surface area (Å²) in [4.78, 5) is 45.6. The van der Waals surface area contributed by atoms with Gasteiger partial charge in [0.25, 0.3) is 5.56 Å². The molecule has 2 aromatic heterocycles. The van der Waals surface area contributed by atoms with Gasteiger partial charge in [0.2, 0.25) is 0 Å². The number of aliphatic hydroxyl groups is 1. The summed E-state index contributed by atoms with van der Waals surface area (Å²) in [5.74, 6) is -0.757. The number of amides is 1. The number of fused-ring (bicyclic) bond motifs is 5. The van der Waals surface area contributed by atoms with Crippen LogP contribution in [0.3, 0.4) is 0 Å². The zero-order valence-corrected chi connectivity index (χ0v) is 24.4. The Morgan fingerprint density at radius 3 is 2.63 bits per heavy atom. The molecule has 0 aliphatic carbocycles. The van der Waals surface area contributed by atoms with Crippen molar-refractivity contribution >= 4 is 28.7 Å². The summed E-state index contributed by atoms with van der Waals surface area (Å²) in [6, 6.07) is 14.7. The van der Waals surface area contributed by atoms with Crippen molar-refractivity contribution in [1.82, 2.24) is 19.8 Å². The average Bonchev–Trinajstić information content (AvgIpc) is 3.35. The SMILES string of the molecule is CC[C@@]1(O)C(=O)OCc2c1cc1n(c2=O)Cc2cc3c(CN(C)C)c(C(OC(=O)NC)c4ccc(N)cc4)ccc3nc2-1. The van der Waals surface area contributed by atoms with Gasteiger partial charge in [0, 0.05) is 41.4 Å². The number of benzene rings is 2. The van der Waals surface area contributed by atoms with Crippen molar-refractivity contribution in [3.63, 3.8) is 0 Å². The van der Waals surface area contributed by atoms with Gasteiger partial charge in [0.1, 0.15) is 6.61 Å². The first-order valence-corrected chi connectivity index (χ1v) is 14.1. The van der Waals surface area contributed by atoms with Gasteiger partial charge in [-0.05, 0) is 62.0 Å². The number of hydrogen-bond donors (Lipinski definition) is 3. The van der Waals surface area contributed by atoms with Gasteiger partial charge in [-0.25, -0.2) is 14.6 Å². The van der Waals surface area contributed by atoms with Crippen molar-refractivity contribution in [2.75, 3.05) is 26.9 Å². The van der Waals surface area contributed by atoms with Crippen molar-refractivity contribution in [3.8, 4) is 11.4 Å². The fraction of sp³-hybridized carbons (Fsp3) is 0.312. The summed E-state index contributed by atoms with van der Waals surface area (Å²) < 4.78 is 12.7. The number of anilines is 1. The van der Waals surface area contributed by atoms with Crippen LogP contribution in [0.4, 0.5) is 10.5 Å². The smallest absolute Gasteiger partial charge is 0.407 e. The van der Waals surface area contributed by atoms with E-state index < -0.39 is 23.8 Å². The molecule has 0 saturated heterocycles. The number of nitrogens with zero attached hydrogens (tertiary/aromatic N) is 3. The first kappa shape index (κ1) is 28.4. The lowest BCUT2D eigenvalue weighted by Gasteiger charge is -2.31. The van der Waals surface area contributed by atoms with Crippen LogP contribution in [0.5, 0.6) is 0 Å². The summed E-state index contributed by atoms with van der Waals surface area (Å²) in [5.41, 5.74) is 10.0. The Labute approximate surface area is 247 Å². The number of carbonyl (C=O) groups excluding carboxylic acids is 2. The topological polar surface area (TPSA) is 149 Å². The molecule has 11 nitrogen and oxygen atoms in total. The number of aromatic nitrogens is 2. The Hall–Kier alpha value is -4.74. The minimum atomic E-state index is -1.89. The van der Waals surface area contributed by atoms with E-state index in [2.05, 4.69) is 5.32 Å². The predicted molar refractivity (Wildman–Crippen MR) is 160 cm³/mol. The molecule has 2 atom stereocenters. The second-order valence-electron chi connectivity index (χ2n) is 11.2. The Morgan fingerprint density at radius 1 is 1.21 bits per heavy atom. The zero-order chi connectivity index (χ0) is 30.6. The molecule has 0 spiro atoms. The molecule has 1 amide bonds. The second-order valence-corrected chi connectivity index (χ2v) is 11.2. The highest BCUT2D eigenvalue weighted by atomic mass is 16.6. The number of esters is 1. The molecule has 0 radical (unpaired) electrons. The number of ether oxygens (including phenoxy) is 2. The van der Waals surface area contributed by atoms with E-state index in [1.807, 2.05) is 49.3 Å². The number of alkyl carbamates (subject to hydrolysis) is 1. The summed E-state index contributed by atoms with van der Waals surface area (Å²) in [7, 11) is 5.43. The Kier molecular flexibility index (Phi) is 6.94. The number of nitrogen functional groups attached to an aromatic ring is 1. The van der Waals surface area contributed by atoms with E-state index in [1.54, 1.807) is 29.7 Å². The number of cyclic esters (lactones) is 1. The lowest BCUT2D eigenvalue weighted by molar-refractivity contribution is -0.172. The van der Waals surface area contributed by atoms with Crippen LogP contribution in [-0.4, -0.2) is 52.8 Å². The van der Waals surface area contributed by atoms with Gasteiger partial charge in [-0.1, -0.05) is 25.1 Å². The molecule has 43 heavy (non-hydrogen) atoms. The molecule has 2 aliphatic rings. The first-order valence-electron chi connectivity index (χ1n) is 14.1. The van der Waals surface area contributed by atoms with E-state index in [9.17, 15) is 19.5 Å². The fourth-order valence-electron chi connectivity index (χ4n) is 6.01. The summed E-state index contributed by atoms with van der Waals surface area (Å²) >= 11 is 0. The van der Waals surface area contributed by atoms with Gasteiger partial charge in [-0.2, -0.15) is 0 Å². The first-order chi connectivity index (χ1) is 20.5. The van der Waals surface area contributed by atoms with Gasteiger partial charge in [0.05, 0.1) is 29.0 Å². The Balaban J connectivity index is 1.54. The lowest BCUT2D eigenvalue weighted by atomic mass is 9.86. The minimum Gasteiger partial charge on any atom is -0.458 e. The third-order valence-corrected chi connectivity index (χ3v) is 8.26. The van der Waals surface area contributed by atoms with Gasteiger partial charge in [-0.3, -0.25) is 4.79 Å². The number of nitrogens with two attached hydrogens (primary N) is 1. The molecule has 4 N–H and O–H groups in total. The van der Waals surface area contributed by atoms with E-state index in [0.717, 1.165) is 27.6 Å². The minimum absolute atomic E-state index is 0.0731. The van der Waals surface area contributed by atoms with E-state index >= 15 is 0 Å². The standard InChI is InChI=1S/C32H33N5O6/c1-5-32(41)24-13-26-27-18(14-37(26)29(38)23(24)16-42-30(32)39)12-21-22(15-36(3)4)20(10-11-25(21)35-27)28(43-31(40)34-2)17-6-8-19(33)9-7-17/h6-13,28,41H,5,14-16,33H2,1-4H3,(H,34,40)/t28?,32-/m0/s1. The molecule has 4 heterocycles. The van der Waals surface area contributed by atoms with Crippen molar-refractivity contribution in [1.29, 1.82) is 0 Å². The monoisotopic (exact) mass is 583 g/mol. The predicted octanol–water partition coefficient (Wildman–Crippen LogP) is 3.17. The molecular formula is C32H33N5O6. The molecule has 6 rings (SSSR count). The van der Waals surface area contributed by atoms with Gasteiger partial charge >= 0.3 is 12.1 Å². The number of hydrogen-bond acceptors (Lipinski definition) is 9. The summed E-state index contributed by atoms with van der Waals surface area (Å²) in [6.45, 7) is 2.30. The molecule has 11 heteroatoms. The molecule has 0 bridgehead atoms. The van der Waals surface area contributed by atoms with Crippen LogP contribution in [0.1, 0.15) is 52.8 Å². The zero-order valence-electron chi connectivity index (χ0n) is 24.4. The Morgan fingerprint density at radius 2 is 1.95 bits per heavy atom. The lowest BCUT2D eigenvalue weighted by Crippen LogP contribution is -2.44. The van der Waals surface area contributed by atoms with Crippen LogP contribution in [0.2, 0.25) is 0 Å². The third-order valence-electron chi connectivity index (χ3n) is 8.26. The second kappa shape index (κ2) is 10.5. The highest BCUT2D eigenvalue weighted by Crippen LogP contribution is 2.40. The van der Waals surface area contributed by atoms with E-state index in [-0.39, 0.29) is 36.3 Å². The van der Waals surface area contributed by atoms with Gasteiger partial charge in [0.15, 0.2) is 11.7 Å². The molecule has 0 fully saturated rings. The van der Waals surface area contributed by atoms with Gasteiger partial charge < -0.3 is 35.1 Å². The molecule has 2 aromatic carbocycles. The van der Waals surface area contributed by atoms with Gasteiger partial charge in [-0.15, -0.1) is 0 Å². The normalized spacial score (nSPS) is 17.7. The Bertz CT molecular complexity index is 1850. The molecule has 1 unspecified atom stereocenters. The van der Waals surface area contributed by atoms with Crippen LogP contribution in [-0.2, 0) is 39.6 Å². The molecule has 4 aromatic rings. The average molecular weight is 584 g/mol. The van der Waals surface area contributed by atoms with Crippen molar-refractivity contribution in [2.45, 2.75) is 44.7 Å². The van der Waals surface area contributed by atoms with Crippen LogP contribution in [0.25, 0.3) is 22.3 Å². The van der Waals surface area contributed by atoms with Crippen molar-refractivity contribution < 1.29 is 24.2 Å². The number of rotatable bonds is 6. The quantitative estimate of drug-likeness (QED) is 0.202.